The second kappa shape index (κ2) is 8.11. The number of hydrogen-bond donors (Lipinski definition) is 0. The van der Waals surface area contributed by atoms with E-state index in [-0.39, 0.29) is 12.1 Å². The number of rotatable bonds is 6. The number of carbonyl (C=O) groups excluding carboxylic acids is 1. The van der Waals surface area contributed by atoms with Crippen molar-refractivity contribution in [3.8, 4) is 0 Å². The summed E-state index contributed by atoms with van der Waals surface area (Å²) in [7, 11) is 0. The van der Waals surface area contributed by atoms with Crippen LogP contribution < -0.4 is 0 Å². The van der Waals surface area contributed by atoms with Crippen molar-refractivity contribution in [1.82, 2.24) is 0 Å². The van der Waals surface area contributed by atoms with Crippen molar-refractivity contribution in [2.24, 2.45) is 57.2 Å². The number of hydrogen-bond acceptors (Lipinski definition) is 2. The van der Waals surface area contributed by atoms with E-state index in [9.17, 15) is 4.79 Å². The monoisotopic (exact) mass is 468 g/mol. The topological polar surface area (TPSA) is 26.3 Å². The van der Waals surface area contributed by atoms with E-state index in [0.717, 1.165) is 30.1 Å². The van der Waals surface area contributed by atoms with Crippen LogP contribution in [0.3, 0.4) is 0 Å². The standard InChI is InChI=1S/C32H52O2/c1-20(2)21(3)9-10-22(4)25-13-15-30(8)28-12-11-26-23(5)27(34-24(6)33)14-16-31(26)19-32(28,31)18-17-29(25,30)7/h21-23,25-28H,1,9-19H2,2-8H3/t21-,22-,23+,25-,26+,27+,28+,29-,30+,31-,32+/m1/s1. The molecule has 5 aliphatic rings. The summed E-state index contributed by atoms with van der Waals surface area (Å²) in [4.78, 5) is 11.7. The molecular formula is C32H52O2. The maximum atomic E-state index is 11.7. The molecule has 5 rings (SSSR count). The Morgan fingerprint density at radius 2 is 1.68 bits per heavy atom. The van der Waals surface area contributed by atoms with Crippen LogP contribution in [0.1, 0.15) is 119 Å². The Balaban J connectivity index is 1.34. The van der Waals surface area contributed by atoms with Gasteiger partial charge >= 0.3 is 5.97 Å². The van der Waals surface area contributed by atoms with Gasteiger partial charge in [0.05, 0.1) is 0 Å². The van der Waals surface area contributed by atoms with Crippen LogP contribution in [0, 0.1) is 57.2 Å². The largest absolute Gasteiger partial charge is 0.462 e. The Hall–Kier alpha value is -0.790. The zero-order chi connectivity index (χ0) is 24.7. The van der Waals surface area contributed by atoms with Gasteiger partial charge in [-0.25, -0.2) is 0 Å². The molecule has 2 spiro atoms. The van der Waals surface area contributed by atoms with E-state index < -0.39 is 0 Å². The minimum absolute atomic E-state index is 0.0864. The average Bonchev–Trinajstić information content (AvgIpc) is 3.36. The summed E-state index contributed by atoms with van der Waals surface area (Å²) in [6.45, 7) is 20.8. The fraction of sp³-hybridized carbons (Fsp3) is 0.906. The predicted molar refractivity (Wildman–Crippen MR) is 140 cm³/mol. The van der Waals surface area contributed by atoms with E-state index in [0.29, 0.717) is 33.5 Å². The second-order valence-corrected chi connectivity index (χ2v) is 14.6. The van der Waals surface area contributed by atoms with E-state index in [4.69, 9.17) is 4.74 Å². The fourth-order valence-electron chi connectivity index (χ4n) is 11.3. The van der Waals surface area contributed by atoms with E-state index in [1.165, 1.54) is 69.8 Å². The molecule has 2 heteroatoms. The number of ether oxygens (including phenoxy) is 1. The highest BCUT2D eigenvalue weighted by atomic mass is 16.5. The Kier molecular flexibility index (Phi) is 5.93. The first-order valence-electron chi connectivity index (χ1n) is 14.7. The van der Waals surface area contributed by atoms with Crippen molar-refractivity contribution in [3.63, 3.8) is 0 Å². The lowest BCUT2D eigenvalue weighted by Gasteiger charge is -2.62. The van der Waals surface area contributed by atoms with Crippen LogP contribution in [0.5, 0.6) is 0 Å². The Bertz CT molecular complexity index is 846. The molecule has 0 radical (unpaired) electrons. The van der Waals surface area contributed by atoms with E-state index in [1.54, 1.807) is 6.92 Å². The molecule has 0 heterocycles. The average molecular weight is 469 g/mol. The first kappa shape index (κ1) is 24.9. The van der Waals surface area contributed by atoms with Gasteiger partial charge in [-0.1, -0.05) is 46.8 Å². The van der Waals surface area contributed by atoms with Gasteiger partial charge in [-0.3, -0.25) is 4.79 Å². The Labute approximate surface area is 210 Å². The minimum atomic E-state index is -0.0864. The van der Waals surface area contributed by atoms with Crippen LogP contribution >= 0.6 is 0 Å². The lowest BCUT2D eigenvalue weighted by molar-refractivity contribution is -0.165. The minimum Gasteiger partial charge on any atom is -0.462 e. The summed E-state index contributed by atoms with van der Waals surface area (Å²) in [6.07, 6.45) is 15.3. The first-order valence-corrected chi connectivity index (χ1v) is 14.7. The SMILES string of the molecule is C=C(C)[C@H](C)CC[C@@H](C)[C@H]1CC[C@@]2(C)[C@@H]3CC[C@H]4[C@H](C)[C@@H](OC(C)=O)CC[C@@]45C[C@@]35CC[C@]12C. The molecule has 5 aliphatic carbocycles. The summed E-state index contributed by atoms with van der Waals surface area (Å²) >= 11 is 0. The number of allylic oxidation sites excluding steroid dienone is 1. The molecule has 0 amide bonds. The number of fused-ring (bicyclic) bond motifs is 2. The molecular weight excluding hydrogens is 416 g/mol. The van der Waals surface area contributed by atoms with Crippen LogP contribution in [-0.4, -0.2) is 12.1 Å². The van der Waals surface area contributed by atoms with Crippen molar-refractivity contribution in [3.05, 3.63) is 12.2 Å². The third-order valence-electron chi connectivity index (χ3n) is 13.6. The number of esters is 1. The molecule has 5 saturated carbocycles. The zero-order valence-corrected chi connectivity index (χ0v) is 23.3. The summed E-state index contributed by atoms with van der Waals surface area (Å²) in [6, 6.07) is 0. The van der Waals surface area contributed by atoms with Crippen LogP contribution in [0.15, 0.2) is 12.2 Å². The van der Waals surface area contributed by atoms with Gasteiger partial charge in [0.2, 0.25) is 0 Å². The fourth-order valence-corrected chi connectivity index (χ4v) is 11.3. The summed E-state index contributed by atoms with van der Waals surface area (Å²) in [5.74, 6) is 4.50. The van der Waals surface area contributed by atoms with E-state index >= 15 is 0 Å². The highest BCUT2D eigenvalue weighted by Gasteiger charge is 2.81. The van der Waals surface area contributed by atoms with Crippen molar-refractivity contribution in [2.45, 2.75) is 125 Å². The molecule has 0 aliphatic heterocycles. The van der Waals surface area contributed by atoms with Gasteiger partial charge < -0.3 is 4.74 Å². The van der Waals surface area contributed by atoms with Gasteiger partial charge in [-0.15, -0.1) is 0 Å². The molecule has 11 atom stereocenters. The van der Waals surface area contributed by atoms with Gasteiger partial charge in [-0.2, -0.15) is 0 Å². The molecule has 34 heavy (non-hydrogen) atoms. The van der Waals surface area contributed by atoms with Crippen LogP contribution in [0.25, 0.3) is 0 Å². The Morgan fingerprint density at radius 1 is 0.941 bits per heavy atom. The lowest BCUT2D eigenvalue weighted by Crippen LogP contribution is -2.56. The van der Waals surface area contributed by atoms with Crippen molar-refractivity contribution in [1.29, 1.82) is 0 Å². The highest BCUT2D eigenvalue weighted by Crippen LogP contribution is 2.88. The zero-order valence-electron chi connectivity index (χ0n) is 23.3. The summed E-state index contributed by atoms with van der Waals surface area (Å²) in [5.41, 5.74) is 3.53. The van der Waals surface area contributed by atoms with Crippen LogP contribution in [-0.2, 0) is 9.53 Å². The van der Waals surface area contributed by atoms with Gasteiger partial charge in [-0.05, 0) is 135 Å². The van der Waals surface area contributed by atoms with Gasteiger partial charge in [0.25, 0.3) is 0 Å². The second-order valence-electron chi connectivity index (χ2n) is 14.6. The molecule has 192 valence electrons. The molecule has 5 fully saturated rings. The lowest BCUT2D eigenvalue weighted by atomic mass is 9.43. The first-order chi connectivity index (χ1) is 15.9. The molecule has 0 unspecified atom stereocenters. The smallest absolute Gasteiger partial charge is 0.302 e. The molecule has 0 aromatic carbocycles. The quantitative estimate of drug-likeness (QED) is 0.288. The highest BCUT2D eigenvalue weighted by molar-refractivity contribution is 5.66. The third kappa shape index (κ3) is 3.21. The number of carbonyl (C=O) groups is 1. The molecule has 0 saturated heterocycles. The van der Waals surface area contributed by atoms with Crippen LogP contribution in [0.4, 0.5) is 0 Å². The third-order valence-corrected chi connectivity index (χ3v) is 13.6. The Morgan fingerprint density at radius 3 is 2.35 bits per heavy atom. The summed E-state index contributed by atoms with van der Waals surface area (Å²) in [5, 5.41) is 0. The molecule has 0 bridgehead atoms. The van der Waals surface area contributed by atoms with Gasteiger partial charge in [0.15, 0.2) is 0 Å². The normalized spacial score (nSPS) is 50.7. The molecule has 0 aromatic heterocycles. The van der Waals surface area contributed by atoms with E-state index in [1.807, 2.05) is 0 Å². The molecule has 2 nitrogen and oxygen atoms in total. The summed E-state index contributed by atoms with van der Waals surface area (Å²) < 4.78 is 5.81. The van der Waals surface area contributed by atoms with Crippen molar-refractivity contribution >= 4 is 5.97 Å². The predicted octanol–water partition coefficient (Wildman–Crippen LogP) is 8.60. The maximum absolute atomic E-state index is 11.7. The van der Waals surface area contributed by atoms with Crippen molar-refractivity contribution < 1.29 is 9.53 Å². The maximum Gasteiger partial charge on any atom is 0.302 e. The van der Waals surface area contributed by atoms with Crippen LogP contribution in [0.2, 0.25) is 0 Å². The molecule has 0 aromatic rings. The van der Waals surface area contributed by atoms with Gasteiger partial charge in [0.1, 0.15) is 6.10 Å². The molecule has 0 N–H and O–H groups in total. The van der Waals surface area contributed by atoms with Crippen molar-refractivity contribution in [2.75, 3.05) is 0 Å². The van der Waals surface area contributed by atoms with Gasteiger partial charge in [0, 0.05) is 6.92 Å². The van der Waals surface area contributed by atoms with E-state index in [2.05, 4.69) is 48.1 Å².